The first-order valence-electron chi connectivity index (χ1n) is 6.81. The predicted octanol–water partition coefficient (Wildman–Crippen LogP) is 2.69. The first-order chi connectivity index (χ1) is 9.10. The van der Waals surface area contributed by atoms with Crippen LogP contribution in [-0.4, -0.2) is 31.1 Å². The van der Waals surface area contributed by atoms with Gasteiger partial charge in [0.2, 0.25) is 0 Å². The molecule has 2 rings (SSSR count). The molecule has 1 aromatic rings. The molecule has 1 aliphatic heterocycles. The molecule has 0 amide bonds. The van der Waals surface area contributed by atoms with Crippen LogP contribution in [0.3, 0.4) is 0 Å². The number of halogens is 2. The number of nitrogens with one attached hydrogen (secondary N) is 1. The number of nitrogens with two attached hydrogens (primary N) is 1. The van der Waals surface area contributed by atoms with Crippen LogP contribution in [0.4, 0.5) is 20.2 Å². The van der Waals surface area contributed by atoms with E-state index in [-0.39, 0.29) is 5.69 Å². The summed E-state index contributed by atoms with van der Waals surface area (Å²) in [5.41, 5.74) is 5.95. The number of nitrogens with zero attached hydrogens (tertiary/aromatic N) is 1. The second kappa shape index (κ2) is 6.19. The molecular weight excluding hydrogens is 248 g/mol. The van der Waals surface area contributed by atoms with Crippen LogP contribution in [0.5, 0.6) is 0 Å². The summed E-state index contributed by atoms with van der Waals surface area (Å²) in [7, 11) is 0. The summed E-state index contributed by atoms with van der Waals surface area (Å²) in [5.74, 6) is -0.771. The molecule has 0 radical (unpaired) electrons. The maximum atomic E-state index is 13.3. The van der Waals surface area contributed by atoms with Crippen LogP contribution in [0.1, 0.15) is 19.8 Å². The molecule has 0 unspecified atom stereocenters. The van der Waals surface area contributed by atoms with Crippen molar-refractivity contribution in [3.05, 3.63) is 23.8 Å². The molecule has 1 aromatic carbocycles. The fourth-order valence-electron chi connectivity index (χ4n) is 2.49. The van der Waals surface area contributed by atoms with Crippen molar-refractivity contribution in [1.82, 2.24) is 4.90 Å². The van der Waals surface area contributed by atoms with Crippen molar-refractivity contribution >= 4 is 11.4 Å². The van der Waals surface area contributed by atoms with Crippen LogP contribution in [0.25, 0.3) is 0 Å². The van der Waals surface area contributed by atoms with E-state index >= 15 is 0 Å². The lowest BCUT2D eigenvalue weighted by molar-refractivity contribution is 0.198. The Kier molecular flexibility index (Phi) is 4.58. The summed E-state index contributed by atoms with van der Waals surface area (Å²) in [6, 6.07) is 2.06. The highest BCUT2D eigenvalue weighted by Gasteiger charge is 2.18. The molecule has 106 valence electrons. The highest BCUT2D eigenvalue weighted by atomic mass is 19.1. The molecule has 0 aromatic heterocycles. The van der Waals surface area contributed by atoms with Crippen molar-refractivity contribution < 1.29 is 8.78 Å². The van der Waals surface area contributed by atoms with Crippen molar-refractivity contribution in [2.75, 3.05) is 37.2 Å². The van der Waals surface area contributed by atoms with Gasteiger partial charge in [0.1, 0.15) is 5.82 Å². The van der Waals surface area contributed by atoms with Gasteiger partial charge in [0, 0.05) is 12.6 Å². The second-order valence-corrected chi connectivity index (χ2v) is 5.11. The van der Waals surface area contributed by atoms with E-state index in [0.717, 1.165) is 38.5 Å². The smallest absolute Gasteiger partial charge is 0.151 e. The quantitative estimate of drug-likeness (QED) is 0.826. The first kappa shape index (κ1) is 14.1. The van der Waals surface area contributed by atoms with E-state index in [4.69, 9.17) is 5.73 Å². The van der Waals surface area contributed by atoms with E-state index in [0.29, 0.717) is 18.2 Å². The van der Waals surface area contributed by atoms with Gasteiger partial charge < -0.3 is 16.0 Å². The molecule has 1 aliphatic rings. The maximum absolute atomic E-state index is 13.3. The zero-order chi connectivity index (χ0) is 13.8. The fraction of sp³-hybridized carbons (Fsp3) is 0.571. The van der Waals surface area contributed by atoms with Crippen LogP contribution in [0.15, 0.2) is 12.1 Å². The van der Waals surface area contributed by atoms with Crippen LogP contribution >= 0.6 is 0 Å². The van der Waals surface area contributed by atoms with Crippen LogP contribution < -0.4 is 11.1 Å². The van der Waals surface area contributed by atoms with Gasteiger partial charge in [-0.25, -0.2) is 8.78 Å². The van der Waals surface area contributed by atoms with Gasteiger partial charge in [0.25, 0.3) is 0 Å². The summed E-state index contributed by atoms with van der Waals surface area (Å²) in [4.78, 5) is 2.41. The molecule has 1 heterocycles. The highest BCUT2D eigenvalue weighted by molar-refractivity contribution is 5.66. The maximum Gasteiger partial charge on any atom is 0.151 e. The zero-order valence-corrected chi connectivity index (χ0v) is 11.3. The number of benzene rings is 1. The Morgan fingerprint density at radius 2 is 2.00 bits per heavy atom. The molecule has 5 heteroatoms. The minimum Gasteiger partial charge on any atom is -0.395 e. The summed E-state index contributed by atoms with van der Waals surface area (Å²) in [5, 5.41) is 3.07. The summed E-state index contributed by atoms with van der Waals surface area (Å²) < 4.78 is 26.4. The molecule has 19 heavy (non-hydrogen) atoms. The molecule has 0 spiro atoms. The van der Waals surface area contributed by atoms with Crippen LogP contribution in [-0.2, 0) is 0 Å². The van der Waals surface area contributed by atoms with Crippen molar-refractivity contribution in [3.8, 4) is 0 Å². The molecule has 0 atom stereocenters. The number of rotatable bonds is 4. The number of hydrogen-bond acceptors (Lipinski definition) is 3. The Morgan fingerprint density at radius 1 is 1.32 bits per heavy atom. The third-order valence-corrected chi connectivity index (χ3v) is 3.83. The monoisotopic (exact) mass is 269 g/mol. The zero-order valence-electron chi connectivity index (χ0n) is 11.3. The number of hydrogen-bond donors (Lipinski definition) is 2. The molecular formula is C14H21F2N3. The van der Waals surface area contributed by atoms with Crippen molar-refractivity contribution in [2.24, 2.45) is 5.92 Å². The van der Waals surface area contributed by atoms with E-state index in [1.165, 1.54) is 6.07 Å². The number of nitrogen functional groups attached to an aromatic ring is 1. The molecule has 3 nitrogen and oxygen atoms in total. The Bertz CT molecular complexity index is 429. The molecule has 0 saturated carbocycles. The van der Waals surface area contributed by atoms with Crippen molar-refractivity contribution in [1.29, 1.82) is 0 Å². The third-order valence-electron chi connectivity index (χ3n) is 3.83. The normalized spacial score (nSPS) is 17.6. The first-order valence-corrected chi connectivity index (χ1v) is 6.81. The van der Waals surface area contributed by atoms with Gasteiger partial charge in [-0.1, -0.05) is 6.92 Å². The SMILES string of the molecule is CCN1CCC(CNc2cc(F)cc(F)c2N)CC1. The number of anilines is 2. The Hall–Kier alpha value is -1.36. The lowest BCUT2D eigenvalue weighted by Crippen LogP contribution is -2.35. The highest BCUT2D eigenvalue weighted by Crippen LogP contribution is 2.25. The van der Waals surface area contributed by atoms with Crippen molar-refractivity contribution in [3.63, 3.8) is 0 Å². The molecule has 1 saturated heterocycles. The molecule has 0 aliphatic carbocycles. The van der Waals surface area contributed by atoms with E-state index in [9.17, 15) is 8.78 Å². The lowest BCUT2D eigenvalue weighted by Gasteiger charge is -2.31. The summed E-state index contributed by atoms with van der Waals surface area (Å²) in [6.07, 6.45) is 2.22. The van der Waals surface area contributed by atoms with Gasteiger partial charge in [0.05, 0.1) is 11.4 Å². The standard InChI is InChI=1S/C14H21F2N3/c1-2-19-5-3-10(4-6-19)9-18-13-8-11(15)7-12(16)14(13)17/h7-8,10,18H,2-6,9,17H2,1H3. The Balaban J connectivity index is 1.89. The van der Waals surface area contributed by atoms with E-state index in [1.54, 1.807) is 0 Å². The topological polar surface area (TPSA) is 41.3 Å². The minimum absolute atomic E-state index is 0.00704. The number of piperidine rings is 1. The van der Waals surface area contributed by atoms with E-state index in [2.05, 4.69) is 17.1 Å². The van der Waals surface area contributed by atoms with Gasteiger partial charge in [-0.05, 0) is 44.5 Å². The third kappa shape index (κ3) is 3.56. The second-order valence-electron chi connectivity index (χ2n) is 5.11. The summed E-state index contributed by atoms with van der Waals surface area (Å²) in [6.45, 7) is 6.15. The number of likely N-dealkylation sites (tertiary alicyclic amines) is 1. The average molecular weight is 269 g/mol. The average Bonchev–Trinajstić information content (AvgIpc) is 2.41. The molecule has 3 N–H and O–H groups in total. The lowest BCUT2D eigenvalue weighted by atomic mass is 9.96. The van der Waals surface area contributed by atoms with Gasteiger partial charge in [-0.2, -0.15) is 0 Å². The van der Waals surface area contributed by atoms with Crippen molar-refractivity contribution in [2.45, 2.75) is 19.8 Å². The van der Waals surface area contributed by atoms with Crippen LogP contribution in [0.2, 0.25) is 0 Å². The van der Waals surface area contributed by atoms with E-state index < -0.39 is 11.6 Å². The Labute approximate surface area is 112 Å². The van der Waals surface area contributed by atoms with Gasteiger partial charge >= 0.3 is 0 Å². The van der Waals surface area contributed by atoms with Crippen LogP contribution in [0, 0.1) is 17.6 Å². The van der Waals surface area contributed by atoms with E-state index in [1.807, 2.05) is 0 Å². The Morgan fingerprint density at radius 3 is 2.63 bits per heavy atom. The van der Waals surface area contributed by atoms with Gasteiger partial charge in [-0.3, -0.25) is 0 Å². The minimum atomic E-state index is -0.705. The van der Waals surface area contributed by atoms with Gasteiger partial charge in [0.15, 0.2) is 5.82 Å². The van der Waals surface area contributed by atoms with Gasteiger partial charge in [-0.15, -0.1) is 0 Å². The molecule has 1 fully saturated rings. The fourth-order valence-corrected chi connectivity index (χ4v) is 2.49. The largest absolute Gasteiger partial charge is 0.395 e. The summed E-state index contributed by atoms with van der Waals surface area (Å²) >= 11 is 0. The predicted molar refractivity (Wildman–Crippen MR) is 74.1 cm³/mol. The molecule has 0 bridgehead atoms.